The van der Waals surface area contributed by atoms with E-state index >= 15 is 0 Å². The van der Waals surface area contributed by atoms with Crippen molar-refractivity contribution in [2.24, 2.45) is 0 Å². The van der Waals surface area contributed by atoms with Gasteiger partial charge in [0.1, 0.15) is 0 Å². The van der Waals surface area contributed by atoms with E-state index in [1.165, 1.54) is 0 Å². The topological polar surface area (TPSA) is 85.3 Å². The summed E-state index contributed by atoms with van der Waals surface area (Å²) in [4.78, 5) is 0. The standard InChI is InChI=1S/2O2Si.O.Pb/c2*1-3-2;;. The first-order valence-electron chi connectivity index (χ1n) is 1.02. The van der Waals surface area contributed by atoms with Crippen LogP contribution in [0.25, 0.3) is 0 Å². The molecule has 0 aliphatic carbocycles. The average molecular weight is 343 g/mol. The Morgan fingerprint density at radius 2 is 0.750 bits per heavy atom. The van der Waals surface area contributed by atoms with Gasteiger partial charge in [-0.2, -0.15) is 0 Å². The molecule has 0 aromatic rings. The SMILES string of the molecule is O=[Si]=O.O=[Si]=O.[O]=[Pb]. The van der Waals surface area contributed by atoms with Crippen molar-refractivity contribution in [2.75, 3.05) is 0 Å². The molecule has 42 valence electrons. The van der Waals surface area contributed by atoms with Crippen LogP contribution in [0.1, 0.15) is 0 Å². The van der Waals surface area contributed by atoms with Gasteiger partial charge in [-0.05, 0) is 0 Å². The van der Waals surface area contributed by atoms with Crippen LogP contribution in [0.3, 0.4) is 0 Å². The van der Waals surface area contributed by atoms with E-state index in [1.807, 2.05) is 0 Å². The van der Waals surface area contributed by atoms with Crippen LogP contribution in [0.5, 0.6) is 0 Å². The van der Waals surface area contributed by atoms with Crippen molar-refractivity contribution in [1.82, 2.24) is 0 Å². The minimum atomic E-state index is -1.42. The predicted molar refractivity (Wildman–Crippen MR) is 20.7 cm³/mol. The molecule has 0 unspecified atom stereocenters. The van der Waals surface area contributed by atoms with Gasteiger partial charge >= 0.3 is 47.1 Å². The monoisotopic (exact) mass is 344 g/mol. The summed E-state index contributed by atoms with van der Waals surface area (Å²) in [5.74, 6) is 0. The number of hydrogen-bond acceptors (Lipinski definition) is 5. The van der Waals surface area contributed by atoms with Gasteiger partial charge in [0.2, 0.25) is 0 Å². The quantitative estimate of drug-likeness (QED) is 0.488. The van der Waals surface area contributed by atoms with E-state index in [1.54, 1.807) is 0 Å². The van der Waals surface area contributed by atoms with Crippen LogP contribution < -0.4 is 0 Å². The van der Waals surface area contributed by atoms with Crippen molar-refractivity contribution in [3.05, 3.63) is 0 Å². The molecule has 0 atom stereocenters. The van der Waals surface area contributed by atoms with Crippen molar-refractivity contribution in [1.29, 1.82) is 0 Å². The van der Waals surface area contributed by atoms with Gasteiger partial charge in [0, 0.05) is 0 Å². The third-order valence-electron chi connectivity index (χ3n) is 0. The Labute approximate surface area is 64.9 Å². The normalized spacial score (nSPS) is 2.50. The summed E-state index contributed by atoms with van der Waals surface area (Å²) in [6, 6.07) is 0. The molecule has 0 spiro atoms. The molecule has 5 nitrogen and oxygen atoms in total. The fraction of sp³-hybridized carbons (Fsp3) is 0. The van der Waals surface area contributed by atoms with Crippen LogP contribution in [0.15, 0.2) is 0 Å². The molecule has 0 N–H and O–H groups in total. The van der Waals surface area contributed by atoms with E-state index in [-0.39, 0.29) is 25.8 Å². The Morgan fingerprint density at radius 1 is 0.750 bits per heavy atom. The van der Waals surface area contributed by atoms with E-state index in [0.29, 0.717) is 0 Å². The molecule has 0 heterocycles. The van der Waals surface area contributed by atoms with Crippen LogP contribution in [0.2, 0.25) is 0 Å². The van der Waals surface area contributed by atoms with Gasteiger partial charge in [-0.1, -0.05) is 0 Å². The van der Waals surface area contributed by atoms with Crippen LogP contribution in [0, 0.1) is 0 Å². The maximum atomic E-state index is 8.40. The van der Waals surface area contributed by atoms with Gasteiger partial charge in [-0.25, -0.2) is 0 Å². The van der Waals surface area contributed by atoms with Gasteiger partial charge in [0.15, 0.2) is 0 Å². The van der Waals surface area contributed by atoms with Crippen LogP contribution in [-0.4, -0.2) is 44.4 Å². The first-order valence-corrected chi connectivity index (χ1v) is 4.24. The van der Waals surface area contributed by atoms with Crippen molar-refractivity contribution in [3.8, 4) is 0 Å². The van der Waals surface area contributed by atoms with Crippen molar-refractivity contribution in [2.45, 2.75) is 0 Å². The first kappa shape index (κ1) is 15.8. The second kappa shape index (κ2) is 53.5. The molecule has 0 amide bonds. The van der Waals surface area contributed by atoms with E-state index in [9.17, 15) is 0 Å². The molecule has 8 heteroatoms. The van der Waals surface area contributed by atoms with Crippen LogP contribution in [0.4, 0.5) is 0 Å². The third kappa shape index (κ3) is 1440. The summed E-state index contributed by atoms with van der Waals surface area (Å²) in [7, 11) is -2.83. The van der Waals surface area contributed by atoms with Gasteiger partial charge in [0.25, 0.3) is 0 Å². The Kier molecular flexibility index (Phi) is 105. The first-order chi connectivity index (χ1) is 3.83. The van der Waals surface area contributed by atoms with E-state index < -0.39 is 18.6 Å². The van der Waals surface area contributed by atoms with Crippen molar-refractivity contribution in [3.63, 3.8) is 0 Å². The molecule has 0 bridgehead atoms. The second-order valence-corrected chi connectivity index (χ2v) is 0.500. The summed E-state index contributed by atoms with van der Waals surface area (Å²) < 4.78 is 42.0. The van der Waals surface area contributed by atoms with Gasteiger partial charge in [0.05, 0.1) is 0 Å². The summed E-state index contributed by atoms with van der Waals surface area (Å²) in [6.45, 7) is 0. The summed E-state index contributed by atoms with van der Waals surface area (Å²) in [5, 5.41) is 0. The molecule has 0 saturated heterocycles. The molecule has 2 radical (unpaired) electrons. The Bertz CT molecular complexity index is 74.6. The Hall–Kier alpha value is 0.356. The van der Waals surface area contributed by atoms with Crippen LogP contribution >= 0.6 is 0 Å². The summed E-state index contributed by atoms with van der Waals surface area (Å²) >= 11 is 0.0556. The summed E-state index contributed by atoms with van der Waals surface area (Å²) in [6.07, 6.45) is 0. The van der Waals surface area contributed by atoms with Crippen LogP contribution in [-0.2, 0) is 20.5 Å². The number of hydrogen-bond donors (Lipinski definition) is 0. The zero-order valence-corrected chi connectivity index (χ0v) is 9.43. The van der Waals surface area contributed by atoms with E-state index in [0.717, 1.165) is 0 Å². The van der Waals surface area contributed by atoms with E-state index in [4.69, 9.17) is 20.5 Å². The zero-order valence-electron chi connectivity index (χ0n) is 3.54. The molecular formula is O5PbSi2. The van der Waals surface area contributed by atoms with Crippen molar-refractivity contribution >= 4 is 44.4 Å². The molecule has 0 aromatic heterocycles. The fourth-order valence-corrected chi connectivity index (χ4v) is 0. The molecule has 8 heavy (non-hydrogen) atoms. The second-order valence-electron chi connectivity index (χ2n) is 0.167. The molecular weight excluding hydrogens is 343 g/mol. The predicted octanol–water partition coefficient (Wildman–Crippen LogP) is -1.74. The number of rotatable bonds is 0. The van der Waals surface area contributed by atoms with Gasteiger partial charge < -0.3 is 0 Å². The van der Waals surface area contributed by atoms with Gasteiger partial charge in [-0.3, -0.25) is 17.8 Å². The molecule has 0 aliphatic heterocycles. The molecule has 0 rings (SSSR count). The molecule has 0 aromatic carbocycles. The average Bonchev–Trinajstić information content (AvgIpc) is 1.75. The zero-order chi connectivity index (χ0) is 7.41. The molecule has 0 saturated carbocycles. The minimum absolute atomic E-state index is 0.0556. The Balaban J connectivity index is -0.0000000483. The third-order valence-corrected chi connectivity index (χ3v) is 0. The van der Waals surface area contributed by atoms with E-state index in [2.05, 4.69) is 0 Å². The maximum absolute atomic E-state index is 8.40. The van der Waals surface area contributed by atoms with Gasteiger partial charge in [-0.15, -0.1) is 0 Å². The van der Waals surface area contributed by atoms with Crippen molar-refractivity contribution < 1.29 is 20.5 Å². The molecule has 0 fully saturated rings. The summed E-state index contributed by atoms with van der Waals surface area (Å²) in [5.41, 5.74) is 0. The Morgan fingerprint density at radius 3 is 0.750 bits per heavy atom. The fourth-order valence-electron chi connectivity index (χ4n) is 0. The molecule has 0 aliphatic rings.